The SMILES string of the molecule is N#CCN(CC#N)C(=O)COc1ccc(I)cc1. The third-order valence-electron chi connectivity index (χ3n) is 2.05. The average Bonchev–Trinajstić information content (AvgIpc) is 2.37. The number of hydrogen-bond donors (Lipinski definition) is 0. The minimum atomic E-state index is -0.378. The number of nitrogens with zero attached hydrogens (tertiary/aromatic N) is 3. The van der Waals surface area contributed by atoms with Crippen LogP contribution in [0.25, 0.3) is 0 Å². The maximum atomic E-state index is 11.7. The molecular formula is C12H10IN3O2. The zero-order chi connectivity index (χ0) is 13.4. The van der Waals surface area contributed by atoms with E-state index in [0.717, 1.165) is 8.47 Å². The Morgan fingerprint density at radius 1 is 1.22 bits per heavy atom. The summed E-state index contributed by atoms with van der Waals surface area (Å²) in [5, 5.41) is 17.1. The first kappa shape index (κ1) is 14.3. The normalized spacial score (nSPS) is 9.06. The highest BCUT2D eigenvalue weighted by molar-refractivity contribution is 14.1. The van der Waals surface area contributed by atoms with Crippen LogP contribution in [0.2, 0.25) is 0 Å². The first-order chi connectivity index (χ1) is 8.67. The minimum absolute atomic E-state index is 0.109. The van der Waals surface area contributed by atoms with E-state index in [1.807, 2.05) is 24.3 Å². The summed E-state index contributed by atoms with van der Waals surface area (Å²) in [4.78, 5) is 12.8. The molecule has 5 nitrogen and oxygen atoms in total. The Labute approximate surface area is 119 Å². The lowest BCUT2D eigenvalue weighted by Gasteiger charge is -2.15. The molecule has 1 rings (SSSR count). The summed E-state index contributed by atoms with van der Waals surface area (Å²) >= 11 is 2.17. The lowest BCUT2D eigenvalue weighted by Crippen LogP contribution is -2.35. The van der Waals surface area contributed by atoms with Gasteiger partial charge in [0.25, 0.3) is 5.91 Å². The average molecular weight is 355 g/mol. The summed E-state index contributed by atoms with van der Waals surface area (Å²) in [6.45, 7) is -0.394. The Kier molecular flexibility index (Phi) is 5.95. The van der Waals surface area contributed by atoms with Gasteiger partial charge in [0, 0.05) is 3.57 Å². The smallest absolute Gasteiger partial charge is 0.262 e. The number of benzene rings is 1. The molecule has 0 atom stereocenters. The van der Waals surface area contributed by atoms with Crippen LogP contribution in [0.15, 0.2) is 24.3 Å². The second-order valence-electron chi connectivity index (χ2n) is 3.31. The van der Waals surface area contributed by atoms with Crippen molar-refractivity contribution in [1.29, 1.82) is 10.5 Å². The molecule has 0 heterocycles. The van der Waals surface area contributed by atoms with E-state index >= 15 is 0 Å². The van der Waals surface area contributed by atoms with Crippen molar-refractivity contribution in [2.45, 2.75) is 0 Å². The van der Waals surface area contributed by atoms with Gasteiger partial charge >= 0.3 is 0 Å². The van der Waals surface area contributed by atoms with Crippen molar-refractivity contribution in [2.24, 2.45) is 0 Å². The predicted octanol–water partition coefficient (Wildman–Crippen LogP) is 1.55. The van der Waals surface area contributed by atoms with Crippen molar-refractivity contribution < 1.29 is 9.53 Å². The van der Waals surface area contributed by atoms with Crippen LogP contribution < -0.4 is 4.74 Å². The number of rotatable bonds is 5. The topological polar surface area (TPSA) is 77.1 Å². The van der Waals surface area contributed by atoms with Crippen LogP contribution in [0.4, 0.5) is 0 Å². The zero-order valence-electron chi connectivity index (χ0n) is 9.47. The standard InChI is InChI=1S/C12H10IN3O2/c13-10-1-3-11(4-2-10)18-9-12(17)16(7-5-14)8-6-15/h1-4H,7-9H2. The molecular weight excluding hydrogens is 345 g/mol. The van der Waals surface area contributed by atoms with Crippen molar-refractivity contribution in [3.8, 4) is 17.9 Å². The summed E-state index contributed by atoms with van der Waals surface area (Å²) in [5.41, 5.74) is 0. The molecule has 0 aliphatic heterocycles. The molecule has 1 amide bonds. The highest BCUT2D eigenvalue weighted by Crippen LogP contribution is 2.13. The van der Waals surface area contributed by atoms with Gasteiger partial charge in [0.2, 0.25) is 0 Å². The van der Waals surface area contributed by atoms with Crippen molar-refractivity contribution >= 4 is 28.5 Å². The van der Waals surface area contributed by atoms with Crippen LogP contribution in [-0.4, -0.2) is 30.5 Å². The minimum Gasteiger partial charge on any atom is -0.484 e. The van der Waals surface area contributed by atoms with Gasteiger partial charge in [0.15, 0.2) is 6.61 Å². The van der Waals surface area contributed by atoms with E-state index in [1.165, 1.54) is 0 Å². The lowest BCUT2D eigenvalue weighted by molar-refractivity contribution is -0.132. The number of nitriles is 2. The molecule has 0 aliphatic carbocycles. The Morgan fingerprint density at radius 2 is 1.78 bits per heavy atom. The van der Waals surface area contributed by atoms with E-state index < -0.39 is 0 Å². The first-order valence-corrected chi connectivity index (χ1v) is 6.15. The van der Waals surface area contributed by atoms with Gasteiger partial charge in [-0.2, -0.15) is 10.5 Å². The molecule has 1 aromatic carbocycles. The van der Waals surface area contributed by atoms with E-state index in [9.17, 15) is 4.79 Å². The molecule has 0 unspecified atom stereocenters. The van der Waals surface area contributed by atoms with E-state index in [1.54, 1.807) is 12.1 Å². The molecule has 0 saturated heterocycles. The van der Waals surface area contributed by atoms with Crippen molar-refractivity contribution in [3.63, 3.8) is 0 Å². The quantitative estimate of drug-likeness (QED) is 0.593. The van der Waals surface area contributed by atoms with Crippen LogP contribution in [-0.2, 0) is 4.79 Å². The van der Waals surface area contributed by atoms with Crippen molar-refractivity contribution in [2.75, 3.05) is 19.7 Å². The van der Waals surface area contributed by atoms with E-state index in [-0.39, 0.29) is 25.6 Å². The molecule has 0 aliphatic rings. The van der Waals surface area contributed by atoms with Crippen LogP contribution in [0.3, 0.4) is 0 Å². The molecule has 92 valence electrons. The van der Waals surface area contributed by atoms with Gasteiger partial charge < -0.3 is 9.64 Å². The number of hydrogen-bond acceptors (Lipinski definition) is 4. The van der Waals surface area contributed by atoms with Gasteiger partial charge in [-0.3, -0.25) is 4.79 Å². The summed E-state index contributed by atoms with van der Waals surface area (Å²) in [7, 11) is 0. The highest BCUT2D eigenvalue weighted by atomic mass is 127. The molecule has 6 heteroatoms. The summed E-state index contributed by atoms with van der Waals surface area (Å²) in [5.74, 6) is 0.203. The maximum absolute atomic E-state index is 11.7. The number of carbonyl (C=O) groups is 1. The predicted molar refractivity (Wildman–Crippen MR) is 72.5 cm³/mol. The molecule has 18 heavy (non-hydrogen) atoms. The Bertz CT molecular complexity index is 472. The Balaban J connectivity index is 2.52. The lowest BCUT2D eigenvalue weighted by atomic mass is 10.3. The zero-order valence-corrected chi connectivity index (χ0v) is 11.6. The number of carbonyl (C=O) groups excluding carboxylic acids is 1. The monoisotopic (exact) mass is 355 g/mol. The molecule has 0 aromatic heterocycles. The second kappa shape index (κ2) is 7.51. The van der Waals surface area contributed by atoms with Crippen LogP contribution in [0.1, 0.15) is 0 Å². The summed E-state index contributed by atoms with van der Waals surface area (Å²) in [6, 6.07) is 10.9. The number of halogens is 1. The van der Waals surface area contributed by atoms with Crippen LogP contribution in [0, 0.1) is 26.2 Å². The number of amides is 1. The third-order valence-corrected chi connectivity index (χ3v) is 2.77. The Hall–Kier alpha value is -1.80. The molecule has 0 N–H and O–H groups in total. The summed E-state index contributed by atoms with van der Waals surface area (Å²) < 4.78 is 6.35. The molecule has 0 bridgehead atoms. The van der Waals surface area contributed by atoms with Gasteiger partial charge in [-0.05, 0) is 46.9 Å². The van der Waals surface area contributed by atoms with E-state index in [0.29, 0.717) is 5.75 Å². The van der Waals surface area contributed by atoms with Crippen LogP contribution >= 0.6 is 22.6 Å². The largest absolute Gasteiger partial charge is 0.484 e. The van der Waals surface area contributed by atoms with Crippen molar-refractivity contribution in [3.05, 3.63) is 27.8 Å². The molecule has 1 aromatic rings. The second-order valence-corrected chi connectivity index (χ2v) is 4.55. The Morgan fingerprint density at radius 3 is 2.28 bits per heavy atom. The molecule has 0 fully saturated rings. The highest BCUT2D eigenvalue weighted by Gasteiger charge is 2.13. The van der Waals surface area contributed by atoms with Gasteiger partial charge in [-0.1, -0.05) is 0 Å². The summed E-state index contributed by atoms with van der Waals surface area (Å²) in [6.07, 6.45) is 0. The maximum Gasteiger partial charge on any atom is 0.262 e. The molecule has 0 radical (unpaired) electrons. The van der Waals surface area contributed by atoms with E-state index in [4.69, 9.17) is 15.3 Å². The first-order valence-electron chi connectivity index (χ1n) is 5.07. The molecule has 0 spiro atoms. The third kappa shape index (κ3) is 4.60. The van der Waals surface area contributed by atoms with Gasteiger partial charge in [-0.15, -0.1) is 0 Å². The molecule has 0 saturated carbocycles. The van der Waals surface area contributed by atoms with Gasteiger partial charge in [-0.25, -0.2) is 0 Å². The number of ether oxygens (including phenoxy) is 1. The van der Waals surface area contributed by atoms with Crippen molar-refractivity contribution in [1.82, 2.24) is 4.90 Å². The fourth-order valence-electron chi connectivity index (χ4n) is 1.17. The fraction of sp³-hybridized carbons (Fsp3) is 0.250. The fourth-order valence-corrected chi connectivity index (χ4v) is 1.53. The van der Waals surface area contributed by atoms with E-state index in [2.05, 4.69) is 22.6 Å². The van der Waals surface area contributed by atoms with Gasteiger partial charge in [0.1, 0.15) is 18.8 Å². The van der Waals surface area contributed by atoms with Crippen LogP contribution in [0.5, 0.6) is 5.75 Å². The van der Waals surface area contributed by atoms with Gasteiger partial charge in [0.05, 0.1) is 12.1 Å².